The summed E-state index contributed by atoms with van der Waals surface area (Å²) in [6.45, 7) is 0. The van der Waals surface area contributed by atoms with Crippen LogP contribution in [0.25, 0.3) is 16.4 Å². The third-order valence-corrected chi connectivity index (χ3v) is 2.22. The average Bonchev–Trinajstić information content (AvgIpc) is 2.65. The Hall–Kier alpha value is -1.94. The van der Waals surface area contributed by atoms with Gasteiger partial charge >= 0.3 is 0 Å². The Kier molecular flexibility index (Phi) is 1.90. The van der Waals surface area contributed by atoms with Crippen molar-refractivity contribution < 1.29 is 9.99 Å². The molecule has 0 spiro atoms. The van der Waals surface area contributed by atoms with Gasteiger partial charge in [-0.15, -0.1) is 4.52 Å². The molecule has 0 radical (unpaired) electrons. The van der Waals surface area contributed by atoms with Gasteiger partial charge in [-0.25, -0.2) is 0 Å². The number of fused-ring (bicyclic) bond motifs is 3. The third kappa shape index (κ3) is 1.05. The van der Waals surface area contributed by atoms with Crippen LogP contribution in [0.5, 0.6) is 0 Å². The predicted molar refractivity (Wildman–Crippen MR) is 51.2 cm³/mol. The summed E-state index contributed by atoms with van der Waals surface area (Å²) in [5, 5.41) is 8.13. The van der Waals surface area contributed by atoms with Gasteiger partial charge in [-0.2, -0.15) is 0 Å². The van der Waals surface area contributed by atoms with Crippen LogP contribution in [-0.2, 0) is 0 Å². The molecule has 0 aliphatic carbocycles. The second-order valence-corrected chi connectivity index (χ2v) is 3.01. The van der Waals surface area contributed by atoms with Gasteiger partial charge in [0.15, 0.2) is 11.0 Å². The first-order valence-corrected chi connectivity index (χ1v) is 4.18. The van der Waals surface area contributed by atoms with E-state index in [1.165, 1.54) is 5.39 Å². The van der Waals surface area contributed by atoms with E-state index in [-0.39, 0.29) is 5.48 Å². The first-order valence-electron chi connectivity index (χ1n) is 4.18. The minimum Gasteiger partial charge on any atom is -0.870 e. The van der Waals surface area contributed by atoms with Crippen molar-refractivity contribution in [2.24, 2.45) is 0 Å². The van der Waals surface area contributed by atoms with Crippen molar-refractivity contribution in [3.63, 3.8) is 0 Å². The molecule has 0 unspecified atom stereocenters. The first kappa shape index (κ1) is 8.65. The van der Waals surface area contributed by atoms with Crippen molar-refractivity contribution >= 4 is 16.4 Å². The summed E-state index contributed by atoms with van der Waals surface area (Å²) in [7, 11) is 0. The lowest BCUT2D eigenvalue weighted by molar-refractivity contribution is -0.553. The Morgan fingerprint density at radius 2 is 1.93 bits per heavy atom. The van der Waals surface area contributed by atoms with Gasteiger partial charge in [0.05, 0.1) is 0 Å². The number of aromatic nitrogens is 3. The molecule has 0 bridgehead atoms. The minimum atomic E-state index is 0. The van der Waals surface area contributed by atoms with E-state index >= 15 is 0 Å². The first-order chi connectivity index (χ1) is 6.45. The molecule has 2 N–H and O–H groups in total. The summed E-state index contributed by atoms with van der Waals surface area (Å²) in [6.07, 6.45) is 1.81. The minimum absolute atomic E-state index is 0. The lowest BCUT2D eigenvalue weighted by Gasteiger charge is -1.93. The highest BCUT2D eigenvalue weighted by Crippen LogP contribution is 2.09. The fourth-order valence-corrected chi connectivity index (χ4v) is 1.59. The molecule has 1 aromatic carbocycles. The number of aromatic amines is 1. The van der Waals surface area contributed by atoms with E-state index < -0.39 is 0 Å². The number of hydrogen-bond acceptors (Lipinski definition) is 2. The van der Waals surface area contributed by atoms with E-state index in [2.05, 4.69) is 28.5 Å². The fourth-order valence-electron chi connectivity index (χ4n) is 1.59. The zero-order valence-electron chi connectivity index (χ0n) is 7.38. The van der Waals surface area contributed by atoms with Gasteiger partial charge in [-0.3, -0.25) is 0 Å². The Labute approximate surface area is 80.1 Å². The molecule has 2 heterocycles. The van der Waals surface area contributed by atoms with Crippen LogP contribution in [-0.4, -0.2) is 15.8 Å². The lowest BCUT2D eigenvalue weighted by Crippen LogP contribution is -2.23. The van der Waals surface area contributed by atoms with E-state index in [1.807, 2.05) is 28.9 Å². The molecule has 0 saturated carbocycles. The van der Waals surface area contributed by atoms with Crippen LogP contribution in [0.1, 0.15) is 0 Å². The summed E-state index contributed by atoms with van der Waals surface area (Å²) < 4.78 is 1.97. The third-order valence-electron chi connectivity index (χ3n) is 2.22. The quantitative estimate of drug-likeness (QED) is 0.536. The summed E-state index contributed by atoms with van der Waals surface area (Å²) in [5.41, 5.74) is 2.23. The van der Waals surface area contributed by atoms with Gasteiger partial charge in [0.25, 0.3) is 0 Å². The molecule has 3 rings (SSSR count). The Balaban J connectivity index is 0.000000750. The van der Waals surface area contributed by atoms with E-state index in [4.69, 9.17) is 0 Å². The Bertz CT molecular complexity index is 573. The molecule has 0 amide bonds. The normalized spacial score (nSPS) is 10.3. The van der Waals surface area contributed by atoms with E-state index in [0.29, 0.717) is 0 Å². The molecule has 0 fully saturated rings. The van der Waals surface area contributed by atoms with Crippen molar-refractivity contribution in [1.82, 2.24) is 10.3 Å². The monoisotopic (exact) mass is 187 g/mol. The highest BCUT2D eigenvalue weighted by atomic mass is 16.0. The number of nitrogens with zero attached hydrogens (tertiary/aromatic N) is 2. The molecule has 0 saturated heterocycles. The number of pyridine rings is 1. The number of hydrogen-bond donors (Lipinski definition) is 1. The summed E-state index contributed by atoms with van der Waals surface area (Å²) in [5.74, 6) is 0. The molecule has 70 valence electrons. The van der Waals surface area contributed by atoms with Crippen LogP contribution in [0.15, 0.2) is 42.6 Å². The highest BCUT2D eigenvalue weighted by molar-refractivity contribution is 5.76. The Morgan fingerprint density at radius 3 is 2.86 bits per heavy atom. The molecule has 4 nitrogen and oxygen atoms in total. The van der Waals surface area contributed by atoms with Crippen LogP contribution in [0.3, 0.4) is 0 Å². The van der Waals surface area contributed by atoms with Crippen LogP contribution >= 0.6 is 0 Å². The molecule has 4 heteroatoms. The van der Waals surface area contributed by atoms with E-state index in [0.717, 1.165) is 11.0 Å². The van der Waals surface area contributed by atoms with Crippen LogP contribution < -0.4 is 4.52 Å². The summed E-state index contributed by atoms with van der Waals surface area (Å²) in [4.78, 5) is 0. The second-order valence-electron chi connectivity index (χ2n) is 3.01. The largest absolute Gasteiger partial charge is 0.870 e. The molecule has 3 aromatic rings. The molecule has 14 heavy (non-hydrogen) atoms. The second kappa shape index (κ2) is 3.08. The zero-order valence-corrected chi connectivity index (χ0v) is 7.38. The maximum Gasteiger partial charge on any atom is 0.214 e. The molecule has 2 aromatic heterocycles. The van der Waals surface area contributed by atoms with Crippen molar-refractivity contribution in [3.05, 3.63) is 42.6 Å². The van der Waals surface area contributed by atoms with Crippen molar-refractivity contribution in [2.45, 2.75) is 0 Å². The standard InChI is InChI=1S/C10H7N3.H2O/c1-2-4-10-8(3-1)5-6-9-7-11-12-13(9)10;/h1-7H;1H2. The number of para-hydroxylation sites is 1. The van der Waals surface area contributed by atoms with E-state index in [9.17, 15) is 0 Å². The van der Waals surface area contributed by atoms with Crippen LogP contribution in [0.2, 0.25) is 0 Å². The number of nitrogens with one attached hydrogen (secondary N) is 1. The number of H-pyrrole nitrogens is 1. The topological polar surface area (TPSA) is 62.8 Å². The van der Waals surface area contributed by atoms with Crippen molar-refractivity contribution in [3.8, 4) is 0 Å². The van der Waals surface area contributed by atoms with E-state index in [1.54, 1.807) is 0 Å². The van der Waals surface area contributed by atoms with Gasteiger partial charge in [-0.05, 0) is 18.2 Å². The van der Waals surface area contributed by atoms with Crippen molar-refractivity contribution in [1.29, 1.82) is 0 Å². The molecule has 0 aliphatic rings. The van der Waals surface area contributed by atoms with Crippen LogP contribution in [0, 0.1) is 0 Å². The predicted octanol–water partition coefficient (Wildman–Crippen LogP) is 1.12. The summed E-state index contributed by atoms with van der Waals surface area (Å²) in [6, 6.07) is 12.4. The van der Waals surface area contributed by atoms with Gasteiger partial charge < -0.3 is 5.48 Å². The average molecular weight is 187 g/mol. The molecule has 0 atom stereocenters. The maximum atomic E-state index is 3.99. The van der Waals surface area contributed by atoms with Crippen molar-refractivity contribution in [2.75, 3.05) is 0 Å². The molecular weight excluding hydrogens is 178 g/mol. The molecule has 0 aliphatic heterocycles. The van der Waals surface area contributed by atoms with Gasteiger partial charge in [0, 0.05) is 10.5 Å². The SMILES string of the molecule is [OH-].c1ccc2c(c1)ccc1cn[nH][n+]12. The molecular formula is C10H9N3O. The van der Waals surface area contributed by atoms with Gasteiger partial charge in [0.1, 0.15) is 0 Å². The van der Waals surface area contributed by atoms with Gasteiger partial charge in [-0.1, -0.05) is 23.4 Å². The smallest absolute Gasteiger partial charge is 0.214 e. The highest BCUT2D eigenvalue weighted by Gasteiger charge is 2.05. The summed E-state index contributed by atoms with van der Waals surface area (Å²) >= 11 is 0. The number of rotatable bonds is 0. The zero-order chi connectivity index (χ0) is 8.67. The Morgan fingerprint density at radius 1 is 1.07 bits per heavy atom. The fraction of sp³-hybridized carbons (Fsp3) is 0. The lowest BCUT2D eigenvalue weighted by atomic mass is 10.2. The number of benzene rings is 1. The van der Waals surface area contributed by atoms with Gasteiger partial charge in [0.2, 0.25) is 6.20 Å². The van der Waals surface area contributed by atoms with Crippen LogP contribution in [0.4, 0.5) is 0 Å². The maximum absolute atomic E-state index is 3.99.